The second kappa shape index (κ2) is 13.5. The van der Waals surface area contributed by atoms with Gasteiger partial charge in [0.2, 0.25) is 21.8 Å². The summed E-state index contributed by atoms with van der Waals surface area (Å²) in [6.07, 6.45) is 5.60. The molecule has 2 amide bonds. The molecule has 10 heteroatoms. The van der Waals surface area contributed by atoms with Gasteiger partial charge in [-0.05, 0) is 56.0 Å². The van der Waals surface area contributed by atoms with E-state index < -0.39 is 16.1 Å². The molecule has 0 aromatic heterocycles. The molecule has 0 heterocycles. The molecule has 1 atom stereocenters. The summed E-state index contributed by atoms with van der Waals surface area (Å²) in [6, 6.07) is 13.7. The number of amides is 2. The van der Waals surface area contributed by atoms with Crippen molar-refractivity contribution in [3.8, 4) is 11.5 Å². The molecule has 0 bridgehead atoms. The van der Waals surface area contributed by atoms with E-state index in [0.29, 0.717) is 17.2 Å². The van der Waals surface area contributed by atoms with Gasteiger partial charge in [-0.2, -0.15) is 0 Å². The SMILES string of the molecule is COc1cccc(CN(C(=O)CCCN(c2cccc(OC)c2)S(C)(=O)=O)[C@@H](C)C(=O)NC2CCCC2)c1. The van der Waals surface area contributed by atoms with Gasteiger partial charge in [0.05, 0.1) is 26.2 Å². The fourth-order valence-corrected chi connectivity index (χ4v) is 5.67. The van der Waals surface area contributed by atoms with Crippen LogP contribution in [0.4, 0.5) is 5.69 Å². The van der Waals surface area contributed by atoms with E-state index in [4.69, 9.17) is 9.47 Å². The van der Waals surface area contributed by atoms with E-state index in [1.54, 1.807) is 43.2 Å². The molecule has 1 aliphatic rings. The highest BCUT2D eigenvalue weighted by Gasteiger charge is 2.29. The van der Waals surface area contributed by atoms with Crippen LogP contribution in [0.5, 0.6) is 11.5 Å². The van der Waals surface area contributed by atoms with Gasteiger partial charge in [-0.25, -0.2) is 8.42 Å². The molecule has 0 radical (unpaired) electrons. The molecule has 38 heavy (non-hydrogen) atoms. The number of hydrogen-bond donors (Lipinski definition) is 1. The molecule has 1 aliphatic carbocycles. The van der Waals surface area contributed by atoms with Crippen molar-refractivity contribution in [2.45, 2.75) is 64.1 Å². The third-order valence-electron chi connectivity index (χ3n) is 6.85. The van der Waals surface area contributed by atoms with E-state index in [9.17, 15) is 18.0 Å². The third-order valence-corrected chi connectivity index (χ3v) is 8.04. The number of anilines is 1. The Bertz CT molecular complexity index is 1200. The number of rotatable bonds is 13. The number of sulfonamides is 1. The average molecular weight is 546 g/mol. The standard InChI is InChI=1S/C28H39N3O6S/c1-21(28(33)29-23-11-5-6-12-23)30(20-22-10-7-14-25(18-22)36-2)27(32)16-9-17-31(38(4,34)35)24-13-8-15-26(19-24)37-3/h7-8,10,13-15,18-19,21,23H,5-6,9,11-12,16-17,20H2,1-4H3,(H,29,33)/t21-/m0/s1. The van der Waals surface area contributed by atoms with Gasteiger partial charge in [-0.15, -0.1) is 0 Å². The summed E-state index contributed by atoms with van der Waals surface area (Å²) in [7, 11) is -0.489. The van der Waals surface area contributed by atoms with Gasteiger partial charge in [0.1, 0.15) is 17.5 Å². The zero-order valence-corrected chi connectivity index (χ0v) is 23.5. The highest BCUT2D eigenvalue weighted by atomic mass is 32.2. The van der Waals surface area contributed by atoms with E-state index in [-0.39, 0.29) is 43.8 Å². The number of nitrogens with one attached hydrogen (secondary N) is 1. The lowest BCUT2D eigenvalue weighted by atomic mass is 10.1. The first-order valence-corrected chi connectivity index (χ1v) is 14.8. The Morgan fingerprint density at radius 2 is 1.66 bits per heavy atom. The summed E-state index contributed by atoms with van der Waals surface area (Å²) in [5, 5.41) is 3.09. The molecular formula is C28H39N3O6S. The van der Waals surface area contributed by atoms with Gasteiger partial charge in [0, 0.05) is 31.6 Å². The van der Waals surface area contributed by atoms with E-state index in [1.807, 2.05) is 24.3 Å². The van der Waals surface area contributed by atoms with Gasteiger partial charge < -0.3 is 19.7 Å². The molecular weight excluding hydrogens is 506 g/mol. The van der Waals surface area contributed by atoms with Crippen LogP contribution in [0.25, 0.3) is 0 Å². The number of carbonyl (C=O) groups excluding carboxylic acids is 2. The average Bonchev–Trinajstić information content (AvgIpc) is 3.41. The first-order chi connectivity index (χ1) is 18.1. The summed E-state index contributed by atoms with van der Waals surface area (Å²) >= 11 is 0. The smallest absolute Gasteiger partial charge is 0.242 e. The van der Waals surface area contributed by atoms with Crippen molar-refractivity contribution in [2.75, 3.05) is 31.3 Å². The molecule has 9 nitrogen and oxygen atoms in total. The lowest BCUT2D eigenvalue weighted by Crippen LogP contribution is -2.49. The van der Waals surface area contributed by atoms with Crippen LogP contribution < -0.4 is 19.1 Å². The molecule has 208 valence electrons. The Balaban J connectivity index is 1.74. The van der Waals surface area contributed by atoms with E-state index in [0.717, 1.165) is 37.5 Å². The minimum absolute atomic E-state index is 0.0843. The Morgan fingerprint density at radius 3 is 2.29 bits per heavy atom. The van der Waals surface area contributed by atoms with Crippen LogP contribution in [-0.2, 0) is 26.2 Å². The zero-order chi connectivity index (χ0) is 27.7. The number of benzene rings is 2. The number of nitrogens with zero attached hydrogens (tertiary/aromatic N) is 2. The predicted octanol–water partition coefficient (Wildman–Crippen LogP) is 3.73. The van der Waals surface area contributed by atoms with E-state index in [1.165, 1.54) is 11.4 Å². The first kappa shape index (κ1) is 29.3. The fraction of sp³-hybridized carbons (Fsp3) is 0.500. The summed E-state index contributed by atoms with van der Waals surface area (Å²) < 4.78 is 36.9. The molecule has 2 aromatic carbocycles. The van der Waals surface area contributed by atoms with Crippen molar-refractivity contribution in [3.63, 3.8) is 0 Å². The maximum absolute atomic E-state index is 13.5. The van der Waals surface area contributed by atoms with Crippen LogP contribution >= 0.6 is 0 Å². The van der Waals surface area contributed by atoms with Gasteiger partial charge >= 0.3 is 0 Å². The molecule has 3 rings (SSSR count). The molecule has 0 unspecified atom stereocenters. The largest absolute Gasteiger partial charge is 0.497 e. The maximum Gasteiger partial charge on any atom is 0.242 e. The summed E-state index contributed by atoms with van der Waals surface area (Å²) in [5.74, 6) is 0.808. The molecule has 1 N–H and O–H groups in total. The maximum atomic E-state index is 13.5. The molecule has 2 aromatic rings. The minimum atomic E-state index is -3.59. The minimum Gasteiger partial charge on any atom is -0.497 e. The summed E-state index contributed by atoms with van der Waals surface area (Å²) in [5.41, 5.74) is 1.31. The number of ether oxygens (including phenoxy) is 2. The molecule has 0 aliphatic heterocycles. The van der Waals surface area contributed by atoms with Crippen LogP contribution in [0, 0.1) is 0 Å². The van der Waals surface area contributed by atoms with Crippen molar-refractivity contribution in [3.05, 3.63) is 54.1 Å². The Morgan fingerprint density at radius 1 is 1.03 bits per heavy atom. The normalized spacial score (nSPS) is 14.5. The number of carbonyl (C=O) groups is 2. The van der Waals surface area contributed by atoms with Crippen LogP contribution in [0.15, 0.2) is 48.5 Å². The highest BCUT2D eigenvalue weighted by Crippen LogP contribution is 2.24. The van der Waals surface area contributed by atoms with Crippen LogP contribution in [0.3, 0.4) is 0 Å². The lowest BCUT2D eigenvalue weighted by Gasteiger charge is -2.30. The Labute approximate surface area is 226 Å². The van der Waals surface area contributed by atoms with Crippen LogP contribution in [-0.4, -0.2) is 64.2 Å². The molecule has 0 saturated heterocycles. The zero-order valence-electron chi connectivity index (χ0n) is 22.7. The first-order valence-electron chi connectivity index (χ1n) is 13.0. The summed E-state index contributed by atoms with van der Waals surface area (Å²) in [4.78, 5) is 28.1. The predicted molar refractivity (Wildman–Crippen MR) is 148 cm³/mol. The van der Waals surface area contributed by atoms with Crippen molar-refractivity contribution < 1.29 is 27.5 Å². The molecule has 0 spiro atoms. The summed E-state index contributed by atoms with van der Waals surface area (Å²) in [6.45, 7) is 2.09. The number of methoxy groups -OCH3 is 2. The Hall–Kier alpha value is -3.27. The van der Waals surface area contributed by atoms with E-state index in [2.05, 4.69) is 5.32 Å². The topological polar surface area (TPSA) is 105 Å². The second-order valence-corrected chi connectivity index (χ2v) is 11.6. The Kier molecular flexibility index (Phi) is 10.4. The van der Waals surface area contributed by atoms with Crippen molar-refractivity contribution in [2.24, 2.45) is 0 Å². The van der Waals surface area contributed by atoms with Crippen molar-refractivity contribution >= 4 is 27.5 Å². The fourth-order valence-electron chi connectivity index (χ4n) is 4.71. The van der Waals surface area contributed by atoms with Gasteiger partial charge in [-0.3, -0.25) is 13.9 Å². The van der Waals surface area contributed by atoms with Crippen LogP contribution in [0.2, 0.25) is 0 Å². The van der Waals surface area contributed by atoms with Gasteiger partial charge in [0.15, 0.2) is 0 Å². The lowest BCUT2D eigenvalue weighted by molar-refractivity contribution is -0.141. The second-order valence-electron chi connectivity index (χ2n) is 9.68. The molecule has 1 saturated carbocycles. The third kappa shape index (κ3) is 8.11. The van der Waals surface area contributed by atoms with Gasteiger partial charge in [0.25, 0.3) is 0 Å². The molecule has 1 fully saturated rings. The van der Waals surface area contributed by atoms with Crippen LogP contribution in [0.1, 0.15) is 51.0 Å². The number of hydrogen-bond acceptors (Lipinski definition) is 6. The van der Waals surface area contributed by atoms with E-state index >= 15 is 0 Å². The van der Waals surface area contributed by atoms with Crippen molar-refractivity contribution in [1.29, 1.82) is 0 Å². The van der Waals surface area contributed by atoms with Gasteiger partial charge in [-0.1, -0.05) is 31.0 Å². The highest BCUT2D eigenvalue weighted by molar-refractivity contribution is 7.92. The van der Waals surface area contributed by atoms with Crippen molar-refractivity contribution in [1.82, 2.24) is 10.2 Å². The quantitative estimate of drug-likeness (QED) is 0.411. The monoisotopic (exact) mass is 545 g/mol.